The molecule has 0 spiro atoms. The second-order valence-corrected chi connectivity index (χ2v) is 5.43. The molecule has 0 bridgehead atoms. The highest BCUT2D eigenvalue weighted by Gasteiger charge is 2.28. The fourth-order valence-corrected chi connectivity index (χ4v) is 3.23. The molecule has 2 fully saturated rings. The second kappa shape index (κ2) is 5.99. The van der Waals surface area contributed by atoms with E-state index in [1.54, 1.807) is 0 Å². The van der Waals surface area contributed by atoms with Gasteiger partial charge in [-0.15, -0.1) is 0 Å². The van der Waals surface area contributed by atoms with Crippen LogP contribution in [0.4, 0.5) is 0 Å². The molecule has 2 aliphatic rings. The van der Waals surface area contributed by atoms with Crippen molar-refractivity contribution < 1.29 is 4.74 Å². The summed E-state index contributed by atoms with van der Waals surface area (Å²) < 4.78 is 5.50. The van der Waals surface area contributed by atoms with E-state index in [1.807, 2.05) is 7.11 Å². The molecular weight excluding hydrogens is 200 g/mol. The molecule has 4 unspecified atom stereocenters. The van der Waals surface area contributed by atoms with Gasteiger partial charge in [0.25, 0.3) is 0 Å². The SMILES string of the molecule is COC1CCCC1NCC1CCCCC1N. The number of nitrogens with one attached hydrogen (secondary N) is 1. The van der Waals surface area contributed by atoms with Gasteiger partial charge in [0.05, 0.1) is 6.10 Å². The fraction of sp³-hybridized carbons (Fsp3) is 1.00. The third kappa shape index (κ3) is 2.96. The molecule has 2 saturated carbocycles. The first-order chi connectivity index (χ1) is 7.81. The maximum absolute atomic E-state index is 6.16. The third-order valence-corrected chi connectivity index (χ3v) is 4.37. The van der Waals surface area contributed by atoms with Crippen molar-refractivity contribution in [3.63, 3.8) is 0 Å². The lowest BCUT2D eigenvalue weighted by Crippen LogP contribution is -2.44. The maximum Gasteiger partial charge on any atom is 0.0724 e. The van der Waals surface area contributed by atoms with Gasteiger partial charge in [0, 0.05) is 19.2 Å². The smallest absolute Gasteiger partial charge is 0.0724 e. The van der Waals surface area contributed by atoms with Gasteiger partial charge >= 0.3 is 0 Å². The lowest BCUT2D eigenvalue weighted by Gasteiger charge is -2.30. The molecule has 2 rings (SSSR count). The molecule has 0 amide bonds. The lowest BCUT2D eigenvalue weighted by molar-refractivity contribution is 0.0825. The van der Waals surface area contributed by atoms with Gasteiger partial charge in [-0.1, -0.05) is 12.8 Å². The summed E-state index contributed by atoms with van der Waals surface area (Å²) in [6.45, 7) is 1.09. The van der Waals surface area contributed by atoms with Crippen LogP contribution in [0.1, 0.15) is 44.9 Å². The van der Waals surface area contributed by atoms with Crippen molar-refractivity contribution in [3.8, 4) is 0 Å². The van der Waals surface area contributed by atoms with E-state index in [0.29, 0.717) is 24.1 Å². The summed E-state index contributed by atoms with van der Waals surface area (Å²) in [5.41, 5.74) is 6.16. The van der Waals surface area contributed by atoms with Crippen molar-refractivity contribution in [2.24, 2.45) is 11.7 Å². The molecule has 0 aromatic heterocycles. The molecule has 0 radical (unpaired) electrons. The van der Waals surface area contributed by atoms with Crippen LogP contribution in [0, 0.1) is 5.92 Å². The summed E-state index contributed by atoms with van der Waals surface area (Å²) in [5.74, 6) is 0.687. The van der Waals surface area contributed by atoms with Crippen molar-refractivity contribution in [2.75, 3.05) is 13.7 Å². The van der Waals surface area contributed by atoms with Crippen molar-refractivity contribution in [1.82, 2.24) is 5.32 Å². The Labute approximate surface area is 99.1 Å². The molecule has 3 N–H and O–H groups in total. The Hall–Kier alpha value is -0.120. The Kier molecular flexibility index (Phi) is 4.62. The average Bonchev–Trinajstić information content (AvgIpc) is 2.75. The Morgan fingerprint density at radius 1 is 1.12 bits per heavy atom. The number of nitrogens with two attached hydrogens (primary N) is 1. The number of rotatable bonds is 4. The third-order valence-electron chi connectivity index (χ3n) is 4.37. The van der Waals surface area contributed by atoms with Crippen molar-refractivity contribution in [3.05, 3.63) is 0 Å². The summed E-state index contributed by atoms with van der Waals surface area (Å²) in [6.07, 6.45) is 9.40. The van der Waals surface area contributed by atoms with Gasteiger partial charge in [-0.3, -0.25) is 0 Å². The molecule has 0 saturated heterocycles. The Balaban J connectivity index is 1.73. The van der Waals surface area contributed by atoms with Crippen molar-refractivity contribution in [2.45, 2.75) is 63.1 Å². The summed E-state index contributed by atoms with van der Waals surface area (Å²) in [7, 11) is 1.83. The molecule has 2 aliphatic carbocycles. The summed E-state index contributed by atoms with van der Waals surface area (Å²) in [5, 5.41) is 3.68. The van der Waals surface area contributed by atoms with E-state index < -0.39 is 0 Å². The van der Waals surface area contributed by atoms with E-state index in [9.17, 15) is 0 Å². The average molecular weight is 226 g/mol. The fourth-order valence-electron chi connectivity index (χ4n) is 3.23. The maximum atomic E-state index is 6.16. The van der Waals surface area contributed by atoms with Crippen LogP contribution in [0.15, 0.2) is 0 Å². The Morgan fingerprint density at radius 3 is 2.69 bits per heavy atom. The number of hydrogen-bond donors (Lipinski definition) is 2. The molecule has 94 valence electrons. The van der Waals surface area contributed by atoms with Crippen molar-refractivity contribution >= 4 is 0 Å². The minimum Gasteiger partial charge on any atom is -0.380 e. The van der Waals surface area contributed by atoms with Gasteiger partial charge in [-0.25, -0.2) is 0 Å². The molecule has 0 heterocycles. The summed E-state index contributed by atoms with van der Waals surface area (Å²) in [4.78, 5) is 0. The highest BCUT2D eigenvalue weighted by atomic mass is 16.5. The quantitative estimate of drug-likeness (QED) is 0.766. The molecule has 0 aromatic rings. The van der Waals surface area contributed by atoms with E-state index in [4.69, 9.17) is 10.5 Å². The predicted octanol–water partition coefficient (Wildman–Crippen LogP) is 1.66. The van der Waals surface area contributed by atoms with Gasteiger partial charge in [0.15, 0.2) is 0 Å². The standard InChI is InChI=1S/C13H26N2O/c1-16-13-8-4-7-12(13)15-9-10-5-2-3-6-11(10)14/h10-13,15H,2-9,14H2,1H3. The van der Waals surface area contributed by atoms with Crippen LogP contribution in [0.3, 0.4) is 0 Å². The molecule has 3 nitrogen and oxygen atoms in total. The molecule has 3 heteroatoms. The highest BCUT2D eigenvalue weighted by Crippen LogP contribution is 2.25. The van der Waals surface area contributed by atoms with E-state index >= 15 is 0 Å². The van der Waals surface area contributed by atoms with Gasteiger partial charge in [0.2, 0.25) is 0 Å². The van der Waals surface area contributed by atoms with Crippen LogP contribution in [-0.2, 0) is 4.74 Å². The van der Waals surface area contributed by atoms with Crippen LogP contribution >= 0.6 is 0 Å². The van der Waals surface area contributed by atoms with Crippen LogP contribution in [-0.4, -0.2) is 31.8 Å². The molecule has 0 aliphatic heterocycles. The molecule has 4 atom stereocenters. The summed E-state index contributed by atoms with van der Waals surface area (Å²) >= 11 is 0. The van der Waals surface area contributed by atoms with Gasteiger partial charge in [0.1, 0.15) is 0 Å². The Bertz CT molecular complexity index is 208. The number of hydrogen-bond acceptors (Lipinski definition) is 3. The van der Waals surface area contributed by atoms with E-state index in [0.717, 1.165) is 6.54 Å². The van der Waals surface area contributed by atoms with Crippen LogP contribution in [0.5, 0.6) is 0 Å². The van der Waals surface area contributed by atoms with Crippen LogP contribution in [0.2, 0.25) is 0 Å². The normalized spacial score (nSPS) is 40.1. The van der Waals surface area contributed by atoms with E-state index in [-0.39, 0.29) is 0 Å². The largest absolute Gasteiger partial charge is 0.380 e. The zero-order valence-corrected chi connectivity index (χ0v) is 10.5. The predicted molar refractivity (Wildman–Crippen MR) is 66.4 cm³/mol. The zero-order valence-electron chi connectivity index (χ0n) is 10.5. The van der Waals surface area contributed by atoms with E-state index in [2.05, 4.69) is 5.32 Å². The van der Waals surface area contributed by atoms with Crippen LogP contribution in [0.25, 0.3) is 0 Å². The van der Waals surface area contributed by atoms with Gasteiger partial charge in [-0.05, 0) is 44.6 Å². The zero-order chi connectivity index (χ0) is 11.4. The monoisotopic (exact) mass is 226 g/mol. The molecule has 16 heavy (non-hydrogen) atoms. The first kappa shape index (κ1) is 12.3. The number of methoxy groups -OCH3 is 1. The molecular formula is C13H26N2O. The topological polar surface area (TPSA) is 47.3 Å². The summed E-state index contributed by atoms with van der Waals surface area (Å²) in [6, 6.07) is 0.989. The van der Waals surface area contributed by atoms with Crippen molar-refractivity contribution in [1.29, 1.82) is 0 Å². The Morgan fingerprint density at radius 2 is 1.94 bits per heavy atom. The van der Waals surface area contributed by atoms with Crippen LogP contribution < -0.4 is 11.1 Å². The minimum atomic E-state index is 0.420. The highest BCUT2D eigenvalue weighted by molar-refractivity contribution is 4.87. The second-order valence-electron chi connectivity index (χ2n) is 5.43. The minimum absolute atomic E-state index is 0.420. The van der Waals surface area contributed by atoms with E-state index in [1.165, 1.54) is 44.9 Å². The first-order valence-electron chi connectivity index (χ1n) is 6.83. The molecule has 0 aromatic carbocycles. The van der Waals surface area contributed by atoms with Gasteiger partial charge in [-0.2, -0.15) is 0 Å². The number of ether oxygens (including phenoxy) is 1. The lowest BCUT2D eigenvalue weighted by atomic mass is 9.85. The van der Waals surface area contributed by atoms with Gasteiger partial charge < -0.3 is 15.8 Å². The first-order valence-corrected chi connectivity index (χ1v) is 6.83.